The molecule has 0 saturated carbocycles. The second-order valence-electron chi connectivity index (χ2n) is 3.04. The van der Waals surface area contributed by atoms with E-state index in [1.54, 1.807) is 19.1 Å². The molecule has 0 amide bonds. The van der Waals surface area contributed by atoms with Gasteiger partial charge < -0.3 is 0 Å². The van der Waals surface area contributed by atoms with Crippen LogP contribution in [0.1, 0.15) is 30.5 Å². The van der Waals surface area contributed by atoms with Crippen molar-refractivity contribution in [3.05, 3.63) is 40.1 Å². The third-order valence-electron chi connectivity index (χ3n) is 2.08. The van der Waals surface area contributed by atoms with Crippen LogP contribution in [0.4, 0.5) is 4.39 Å². The van der Waals surface area contributed by atoms with Gasteiger partial charge in [0.25, 0.3) is 0 Å². The maximum atomic E-state index is 12.9. The average Bonchev–Trinajstić information content (AvgIpc) is 2.13. The van der Waals surface area contributed by atoms with E-state index in [1.165, 1.54) is 6.07 Å². The van der Waals surface area contributed by atoms with E-state index in [0.29, 0.717) is 12.0 Å². The molecule has 1 rings (SSSR count). The number of nitrogens with zero attached hydrogens (tertiary/aromatic N) is 1. The van der Waals surface area contributed by atoms with E-state index in [0.717, 1.165) is 5.56 Å². The molecule has 0 aliphatic carbocycles. The number of halogens is 1. The zero-order valence-electron chi connectivity index (χ0n) is 7.75. The molecule has 0 aliphatic rings. The van der Waals surface area contributed by atoms with Crippen LogP contribution < -0.4 is 0 Å². The Morgan fingerprint density at radius 2 is 2.23 bits per heavy atom. The van der Waals surface area contributed by atoms with Crippen molar-refractivity contribution in [1.29, 1.82) is 0 Å². The second kappa shape index (κ2) is 4.12. The van der Waals surface area contributed by atoms with Gasteiger partial charge in [-0.3, -0.25) is 0 Å². The Morgan fingerprint density at radius 1 is 1.54 bits per heavy atom. The van der Waals surface area contributed by atoms with Gasteiger partial charge in [-0.25, -0.2) is 4.39 Å². The highest BCUT2D eigenvalue weighted by molar-refractivity contribution is 5.26. The highest BCUT2D eigenvalue weighted by atomic mass is 19.1. The Hall–Kier alpha value is -1.25. The highest BCUT2D eigenvalue weighted by Gasteiger charge is 2.09. The molecular formula is C10H12FNO. The maximum absolute atomic E-state index is 12.9. The molecule has 0 radical (unpaired) electrons. The summed E-state index contributed by atoms with van der Waals surface area (Å²) in [6, 6.07) is 4.31. The zero-order chi connectivity index (χ0) is 9.84. The number of hydrogen-bond acceptors (Lipinski definition) is 2. The highest BCUT2D eigenvalue weighted by Crippen LogP contribution is 2.22. The van der Waals surface area contributed by atoms with Gasteiger partial charge in [0.2, 0.25) is 0 Å². The van der Waals surface area contributed by atoms with Crippen molar-refractivity contribution in [1.82, 2.24) is 0 Å². The lowest BCUT2D eigenvalue weighted by molar-refractivity contribution is 0.614. The van der Waals surface area contributed by atoms with Crippen LogP contribution in [-0.2, 0) is 0 Å². The van der Waals surface area contributed by atoms with Crippen LogP contribution in [0.15, 0.2) is 23.4 Å². The fourth-order valence-corrected chi connectivity index (χ4v) is 1.25. The van der Waals surface area contributed by atoms with E-state index in [1.807, 2.05) is 6.92 Å². The lowest BCUT2D eigenvalue weighted by atomic mass is 10.0. The first-order valence-corrected chi connectivity index (χ1v) is 4.27. The summed E-state index contributed by atoms with van der Waals surface area (Å²) in [5, 5.41) is 2.98. The van der Waals surface area contributed by atoms with Gasteiger partial charge in [0.15, 0.2) is 0 Å². The molecule has 0 aromatic heterocycles. The molecule has 0 saturated heterocycles. The predicted octanol–water partition coefficient (Wildman–Crippen LogP) is 3.35. The predicted molar refractivity (Wildman–Crippen MR) is 50.0 cm³/mol. The topological polar surface area (TPSA) is 29.4 Å². The molecule has 1 unspecified atom stereocenters. The van der Waals surface area contributed by atoms with Gasteiger partial charge >= 0.3 is 0 Å². The normalized spacial score (nSPS) is 12.5. The summed E-state index contributed by atoms with van der Waals surface area (Å²) in [5.41, 5.74) is 1.34. The van der Waals surface area contributed by atoms with Crippen LogP contribution in [-0.4, -0.2) is 0 Å². The van der Waals surface area contributed by atoms with Crippen LogP contribution in [0, 0.1) is 17.6 Å². The van der Waals surface area contributed by atoms with Crippen molar-refractivity contribution >= 4 is 0 Å². The molecule has 1 aromatic rings. The molecule has 0 fully saturated rings. The number of benzene rings is 1. The summed E-state index contributed by atoms with van der Waals surface area (Å²) in [6.45, 7) is 3.56. The van der Waals surface area contributed by atoms with Crippen LogP contribution in [0.25, 0.3) is 0 Å². The first kappa shape index (κ1) is 9.84. The fourth-order valence-electron chi connectivity index (χ4n) is 1.25. The minimum atomic E-state index is -0.348. The molecule has 3 heteroatoms. The molecule has 1 atom stereocenters. The third-order valence-corrected chi connectivity index (χ3v) is 2.08. The lowest BCUT2D eigenvalue weighted by Crippen LogP contribution is -1.94. The van der Waals surface area contributed by atoms with Crippen molar-refractivity contribution < 1.29 is 4.39 Å². The molecule has 0 heterocycles. The summed E-state index contributed by atoms with van der Waals surface area (Å²) < 4.78 is 12.9. The largest absolute Gasteiger partial charge is 0.207 e. The Labute approximate surface area is 76.8 Å². The molecule has 13 heavy (non-hydrogen) atoms. The standard InChI is InChI=1S/C10H12FNO/c1-3-10(12-13)8-4-5-9(11)7(2)6-8/h4-6,10H,3H2,1-2H3. The molecular weight excluding hydrogens is 169 g/mol. The van der Waals surface area contributed by atoms with E-state index in [2.05, 4.69) is 5.18 Å². The van der Waals surface area contributed by atoms with Crippen LogP contribution in [0.5, 0.6) is 0 Å². The number of rotatable bonds is 3. The van der Waals surface area contributed by atoms with Gasteiger partial charge in [0.05, 0.1) is 0 Å². The average molecular weight is 181 g/mol. The van der Waals surface area contributed by atoms with Crippen molar-refractivity contribution in [2.45, 2.75) is 26.3 Å². The fraction of sp³-hybridized carbons (Fsp3) is 0.400. The van der Waals surface area contributed by atoms with E-state index in [9.17, 15) is 9.30 Å². The molecule has 1 aromatic carbocycles. The van der Waals surface area contributed by atoms with Gasteiger partial charge in [0.1, 0.15) is 11.9 Å². The second-order valence-corrected chi connectivity index (χ2v) is 3.04. The Bertz CT molecular complexity index is 312. The van der Waals surface area contributed by atoms with E-state index < -0.39 is 0 Å². The van der Waals surface area contributed by atoms with Gasteiger partial charge in [-0.05, 0) is 30.5 Å². The molecule has 0 N–H and O–H groups in total. The zero-order valence-corrected chi connectivity index (χ0v) is 7.75. The Kier molecular flexibility index (Phi) is 3.12. The number of nitroso groups, excluding NO2 is 1. The van der Waals surface area contributed by atoms with Crippen LogP contribution in [0.2, 0.25) is 0 Å². The summed E-state index contributed by atoms with van der Waals surface area (Å²) in [7, 11) is 0. The molecule has 0 spiro atoms. The maximum Gasteiger partial charge on any atom is 0.126 e. The summed E-state index contributed by atoms with van der Waals surface area (Å²) in [4.78, 5) is 10.4. The first-order valence-electron chi connectivity index (χ1n) is 4.27. The minimum Gasteiger partial charge on any atom is -0.207 e. The van der Waals surface area contributed by atoms with Crippen molar-refractivity contribution in [3.63, 3.8) is 0 Å². The Morgan fingerprint density at radius 3 is 2.69 bits per heavy atom. The van der Waals surface area contributed by atoms with E-state index in [4.69, 9.17) is 0 Å². The molecule has 2 nitrogen and oxygen atoms in total. The smallest absolute Gasteiger partial charge is 0.126 e. The van der Waals surface area contributed by atoms with Gasteiger partial charge in [-0.2, -0.15) is 4.91 Å². The first-order chi connectivity index (χ1) is 6.19. The lowest BCUT2D eigenvalue weighted by Gasteiger charge is -2.07. The summed E-state index contributed by atoms with van der Waals surface area (Å²) in [5.74, 6) is -0.246. The van der Waals surface area contributed by atoms with E-state index >= 15 is 0 Å². The summed E-state index contributed by atoms with van der Waals surface area (Å²) >= 11 is 0. The molecule has 0 bridgehead atoms. The minimum absolute atomic E-state index is 0.246. The van der Waals surface area contributed by atoms with Gasteiger partial charge in [-0.15, -0.1) is 0 Å². The molecule has 0 aliphatic heterocycles. The van der Waals surface area contributed by atoms with Crippen molar-refractivity contribution in [3.8, 4) is 0 Å². The van der Waals surface area contributed by atoms with Crippen LogP contribution >= 0.6 is 0 Å². The Balaban J connectivity index is 3.01. The van der Waals surface area contributed by atoms with Crippen LogP contribution in [0.3, 0.4) is 0 Å². The quantitative estimate of drug-likeness (QED) is 0.657. The number of hydrogen-bond donors (Lipinski definition) is 0. The third kappa shape index (κ3) is 2.11. The summed E-state index contributed by atoms with van der Waals surface area (Å²) in [6.07, 6.45) is 0.647. The van der Waals surface area contributed by atoms with E-state index in [-0.39, 0.29) is 11.9 Å². The van der Waals surface area contributed by atoms with Crippen molar-refractivity contribution in [2.24, 2.45) is 5.18 Å². The van der Waals surface area contributed by atoms with Crippen molar-refractivity contribution in [2.75, 3.05) is 0 Å². The van der Waals surface area contributed by atoms with Gasteiger partial charge in [0, 0.05) is 0 Å². The van der Waals surface area contributed by atoms with Gasteiger partial charge in [-0.1, -0.05) is 24.2 Å². The monoisotopic (exact) mass is 181 g/mol. The number of aryl methyl sites for hydroxylation is 1. The molecule has 70 valence electrons. The SMILES string of the molecule is CCC(N=O)c1ccc(F)c(C)c1.